The van der Waals surface area contributed by atoms with Crippen LogP contribution in [0.5, 0.6) is 0 Å². The lowest BCUT2D eigenvalue weighted by molar-refractivity contribution is -0.556. The molecule has 3 aromatic carbocycles. The van der Waals surface area contributed by atoms with Crippen molar-refractivity contribution in [3.63, 3.8) is 0 Å². The minimum absolute atomic E-state index is 0.666. The van der Waals surface area contributed by atoms with Gasteiger partial charge in [0.15, 0.2) is 24.8 Å². The van der Waals surface area contributed by atoms with E-state index in [1.54, 1.807) is 0 Å². The van der Waals surface area contributed by atoms with Gasteiger partial charge < -0.3 is 0 Å². The van der Waals surface area contributed by atoms with Gasteiger partial charge in [-0.2, -0.15) is 22.0 Å². The number of halogens is 3. The predicted octanol–water partition coefficient (Wildman–Crippen LogP) is 8.33. The summed E-state index contributed by atoms with van der Waals surface area (Å²) in [4.78, 5) is 0. The molecule has 0 atom stereocenters. The second-order valence-corrected chi connectivity index (χ2v) is 12.4. The Balaban J connectivity index is 1.10. The molecule has 0 aliphatic carbocycles. The topological polar surface area (TPSA) is 16.4 Å². The fraction of sp³-hybridized carbons (Fsp3) is 0.0233. The van der Waals surface area contributed by atoms with Gasteiger partial charge in [-0.05, 0) is 82.9 Å². The molecule has 238 valence electrons. The van der Waals surface area contributed by atoms with Crippen molar-refractivity contribution in [2.75, 3.05) is 0 Å². The highest BCUT2D eigenvalue weighted by atomic mass is 19.4. The normalized spacial score (nSPS) is 11.9. The quantitative estimate of drug-likeness (QED) is 0.134. The Kier molecular flexibility index (Phi) is 6.88. The molecule has 7 heteroatoms. The zero-order valence-corrected chi connectivity index (χ0v) is 26.7. The summed E-state index contributed by atoms with van der Waals surface area (Å²) in [7, 11) is 0. The zero-order chi connectivity index (χ0) is 33.8. The van der Waals surface area contributed by atoms with Crippen LogP contribution < -0.4 is 17.6 Å². The van der Waals surface area contributed by atoms with Crippen LogP contribution in [0.3, 0.4) is 0 Å². The van der Waals surface area contributed by atoms with Gasteiger partial charge in [-0.3, -0.25) is 0 Å². The minimum Gasteiger partial charge on any atom is -0.166 e. The van der Waals surface area contributed by atoms with Gasteiger partial charge in [0, 0.05) is 48.5 Å². The molecule has 9 rings (SSSR count). The Morgan fingerprint density at radius 3 is 1.50 bits per heavy atom. The van der Waals surface area contributed by atoms with Crippen molar-refractivity contribution in [3.8, 4) is 44.8 Å². The van der Waals surface area contributed by atoms with Crippen LogP contribution in [-0.2, 0) is 6.18 Å². The minimum atomic E-state index is -4.39. The van der Waals surface area contributed by atoms with Gasteiger partial charge in [-0.25, -0.2) is 0 Å². The first kappa shape index (κ1) is 29.7. The number of fused-ring (bicyclic) bond motifs is 6. The summed E-state index contributed by atoms with van der Waals surface area (Å²) in [5, 5.41) is 0. The molecule has 0 bridgehead atoms. The second-order valence-electron chi connectivity index (χ2n) is 12.4. The lowest BCUT2D eigenvalue weighted by Crippen LogP contribution is -2.34. The summed E-state index contributed by atoms with van der Waals surface area (Å²) >= 11 is 0. The molecule has 0 aliphatic rings. The summed E-state index contributed by atoms with van der Waals surface area (Å²) in [5.74, 6) is 0. The highest BCUT2D eigenvalue weighted by molar-refractivity contribution is 5.79. The maximum absolute atomic E-state index is 13.3. The smallest absolute Gasteiger partial charge is 0.166 e. The molecule has 0 amide bonds. The molecule has 0 spiro atoms. The van der Waals surface area contributed by atoms with Gasteiger partial charge in [0.05, 0.1) is 16.7 Å². The van der Waals surface area contributed by atoms with Crippen LogP contribution in [0, 0.1) is 0 Å². The van der Waals surface area contributed by atoms with E-state index in [1.807, 2.05) is 51.7 Å². The SMILES string of the molecule is FC(F)(F)c1ccc(-c2c[n+]3ccccc3c3cc(-c4cccc(-c5ccc(-c6c[n+]7ccccc7c7cccc[n+]67)cc5)c4)cc[n+]23)cc1. The number of hydrogen-bond acceptors (Lipinski definition) is 0. The molecule has 0 fully saturated rings. The average Bonchev–Trinajstić information content (AvgIpc) is 3.17. The third-order valence-corrected chi connectivity index (χ3v) is 9.38. The summed E-state index contributed by atoms with van der Waals surface area (Å²) in [5.41, 5.74) is 11.5. The Hall–Kier alpha value is -6.47. The summed E-state index contributed by atoms with van der Waals surface area (Å²) in [6.07, 6.45) is 7.86. The van der Waals surface area contributed by atoms with Crippen LogP contribution >= 0.6 is 0 Å². The molecule has 6 aromatic heterocycles. The lowest BCUT2D eigenvalue weighted by atomic mass is 9.98. The summed E-state index contributed by atoms with van der Waals surface area (Å²) < 4.78 is 48.4. The van der Waals surface area contributed by atoms with E-state index in [2.05, 4.69) is 118 Å². The van der Waals surface area contributed by atoms with Crippen LogP contribution in [0.4, 0.5) is 13.2 Å². The molecular formula is C43H29F3N4+4. The fourth-order valence-electron chi connectivity index (χ4n) is 6.88. The molecule has 9 aromatic rings. The van der Waals surface area contributed by atoms with Gasteiger partial charge in [0.1, 0.15) is 0 Å². The van der Waals surface area contributed by atoms with Crippen LogP contribution in [0.25, 0.3) is 66.8 Å². The van der Waals surface area contributed by atoms with E-state index in [0.29, 0.717) is 5.56 Å². The van der Waals surface area contributed by atoms with Crippen LogP contribution in [0.15, 0.2) is 177 Å². The lowest BCUT2D eigenvalue weighted by Gasteiger charge is -2.08. The highest BCUT2D eigenvalue weighted by Crippen LogP contribution is 2.32. The summed E-state index contributed by atoms with van der Waals surface area (Å²) in [6.45, 7) is 0. The molecule has 0 unspecified atom stereocenters. The number of rotatable bonds is 4. The van der Waals surface area contributed by atoms with Crippen molar-refractivity contribution in [2.24, 2.45) is 0 Å². The van der Waals surface area contributed by atoms with Gasteiger partial charge in [0.25, 0.3) is 33.5 Å². The van der Waals surface area contributed by atoms with Crippen LogP contribution in [0.1, 0.15) is 5.56 Å². The average molecular weight is 659 g/mol. The van der Waals surface area contributed by atoms with Crippen LogP contribution in [0.2, 0.25) is 0 Å². The molecule has 0 N–H and O–H groups in total. The van der Waals surface area contributed by atoms with Crippen molar-refractivity contribution in [1.82, 2.24) is 0 Å². The predicted molar refractivity (Wildman–Crippen MR) is 186 cm³/mol. The Morgan fingerprint density at radius 2 is 0.860 bits per heavy atom. The molecule has 0 saturated carbocycles. The zero-order valence-electron chi connectivity index (χ0n) is 26.7. The van der Waals surface area contributed by atoms with Crippen molar-refractivity contribution in [1.29, 1.82) is 0 Å². The number of alkyl halides is 3. The number of hydrogen-bond donors (Lipinski definition) is 0. The number of aromatic nitrogens is 4. The van der Waals surface area contributed by atoms with Crippen molar-refractivity contribution in [2.45, 2.75) is 6.18 Å². The van der Waals surface area contributed by atoms with E-state index in [9.17, 15) is 13.2 Å². The molecular weight excluding hydrogens is 629 g/mol. The second kappa shape index (κ2) is 11.6. The maximum atomic E-state index is 13.3. The van der Waals surface area contributed by atoms with E-state index < -0.39 is 11.7 Å². The Labute approximate surface area is 285 Å². The maximum Gasteiger partial charge on any atom is 0.416 e. The van der Waals surface area contributed by atoms with Gasteiger partial charge in [0.2, 0.25) is 12.4 Å². The van der Waals surface area contributed by atoms with Crippen molar-refractivity contribution >= 4 is 22.1 Å². The van der Waals surface area contributed by atoms with Gasteiger partial charge in [-0.1, -0.05) is 30.3 Å². The third-order valence-electron chi connectivity index (χ3n) is 9.38. The van der Waals surface area contributed by atoms with E-state index >= 15 is 0 Å². The Morgan fingerprint density at radius 1 is 0.360 bits per heavy atom. The molecule has 0 radical (unpaired) electrons. The molecule has 50 heavy (non-hydrogen) atoms. The molecule has 4 nitrogen and oxygen atoms in total. The standard InChI is InChI=1S/C43H29F3N4/c44-43(45,46)36-19-17-32(18-20-36)42-29-48-23-5-2-11-38(48)40-27-35(21-25-50(40)42)34-9-7-8-33(26-34)30-13-15-31(16-14-30)41-28-47-22-4-1-10-37(47)39-12-3-6-24-49(39)41/h1-29H/q+4. The number of nitrogens with zero attached hydrogens (tertiary/aromatic N) is 4. The van der Waals surface area contributed by atoms with Crippen LogP contribution in [-0.4, -0.2) is 0 Å². The van der Waals surface area contributed by atoms with E-state index in [-0.39, 0.29) is 0 Å². The van der Waals surface area contributed by atoms with E-state index in [4.69, 9.17) is 0 Å². The first-order valence-electron chi connectivity index (χ1n) is 16.3. The number of benzene rings is 3. The fourth-order valence-corrected chi connectivity index (χ4v) is 6.88. The molecule has 0 saturated heterocycles. The first-order chi connectivity index (χ1) is 24.4. The third kappa shape index (κ3) is 5.11. The highest BCUT2D eigenvalue weighted by Gasteiger charge is 2.31. The van der Waals surface area contributed by atoms with Crippen molar-refractivity contribution < 1.29 is 30.8 Å². The van der Waals surface area contributed by atoms with E-state index in [0.717, 1.165) is 73.4 Å². The first-order valence-corrected chi connectivity index (χ1v) is 16.3. The number of pyridine rings is 4. The van der Waals surface area contributed by atoms with E-state index in [1.165, 1.54) is 12.1 Å². The molecule has 0 aliphatic heterocycles. The van der Waals surface area contributed by atoms with Crippen molar-refractivity contribution in [3.05, 3.63) is 182 Å². The molecule has 6 heterocycles. The van der Waals surface area contributed by atoms with Gasteiger partial charge >= 0.3 is 6.18 Å². The largest absolute Gasteiger partial charge is 0.416 e. The van der Waals surface area contributed by atoms with Gasteiger partial charge in [-0.15, -0.1) is 8.80 Å². The summed E-state index contributed by atoms with van der Waals surface area (Å²) in [6, 6.07) is 45.2. The monoisotopic (exact) mass is 658 g/mol. The Bertz CT molecular complexity index is 2740.